The Bertz CT molecular complexity index is 1550. The molecule has 0 bridgehead atoms. The zero-order valence-electron chi connectivity index (χ0n) is 21.3. The summed E-state index contributed by atoms with van der Waals surface area (Å²) in [5.41, 5.74) is 12.1. The standard InChI is InChI=1S/C28H25ClN6O2S.Na/c29-22-9-7-19-8-10-23(31-25(19)16-22)17-37-24-6-2-5-21(15-24)28(38-12-11-26(30)36)20-4-1-3-18(13-20)14-27-32-34-35-33-27;/h1-10,13,15-16,28H,11-12,14,17H2,(H3,30,32,33,34,35,36);/q;+1/p-1. The maximum atomic E-state index is 11.3. The minimum atomic E-state index is -0.566. The van der Waals surface area contributed by atoms with Crippen molar-refractivity contribution < 1.29 is 39.1 Å². The first-order chi connectivity index (χ1) is 18.5. The fourth-order valence-electron chi connectivity index (χ4n) is 4.10. The number of pyridine rings is 1. The van der Waals surface area contributed by atoms with E-state index in [1.807, 2.05) is 60.7 Å². The quantitative estimate of drug-likeness (QED) is 0.244. The molecule has 2 aromatic heterocycles. The number of fused-ring (bicyclic) bond motifs is 1. The van der Waals surface area contributed by atoms with Crippen LogP contribution in [0.3, 0.4) is 0 Å². The molecule has 11 heteroatoms. The van der Waals surface area contributed by atoms with Gasteiger partial charge in [-0.25, -0.2) is 4.98 Å². The topological polar surface area (TPSA) is 117 Å². The van der Waals surface area contributed by atoms with E-state index >= 15 is 0 Å². The Morgan fingerprint density at radius 1 is 1.03 bits per heavy atom. The van der Waals surface area contributed by atoms with Gasteiger partial charge in [0.25, 0.3) is 0 Å². The molecular formula is C28H24ClN6NaO2S. The Balaban J connectivity index is 0.00000353. The van der Waals surface area contributed by atoms with Crippen molar-refractivity contribution in [2.24, 2.45) is 0 Å². The average molecular weight is 567 g/mol. The zero-order valence-corrected chi connectivity index (χ0v) is 24.9. The summed E-state index contributed by atoms with van der Waals surface area (Å²) < 4.78 is 6.12. The average Bonchev–Trinajstić information content (AvgIpc) is 3.43. The van der Waals surface area contributed by atoms with E-state index in [0.717, 1.165) is 39.0 Å². The van der Waals surface area contributed by atoms with Gasteiger partial charge in [-0.1, -0.05) is 65.3 Å². The third kappa shape index (κ3) is 8.03. The molecule has 2 heterocycles. The number of benzene rings is 3. The molecule has 0 saturated carbocycles. The summed E-state index contributed by atoms with van der Waals surface area (Å²) in [5, 5.41) is 15.8. The monoisotopic (exact) mass is 566 g/mol. The second-order valence-corrected chi connectivity index (χ2v) is 10.3. The Kier molecular flexibility index (Phi) is 10.4. The van der Waals surface area contributed by atoms with E-state index in [-0.39, 0.29) is 41.2 Å². The second kappa shape index (κ2) is 13.9. The van der Waals surface area contributed by atoms with E-state index in [0.29, 0.717) is 29.6 Å². The predicted molar refractivity (Wildman–Crippen MR) is 149 cm³/mol. The van der Waals surface area contributed by atoms with Gasteiger partial charge in [-0.3, -0.25) is 0 Å². The first kappa shape index (κ1) is 29.0. The molecule has 0 spiro atoms. The second-order valence-electron chi connectivity index (χ2n) is 8.67. The number of H-pyrrole nitrogens is 1. The van der Waals surface area contributed by atoms with Crippen LogP contribution in [0.2, 0.25) is 5.02 Å². The van der Waals surface area contributed by atoms with Gasteiger partial charge in [0.05, 0.1) is 16.5 Å². The van der Waals surface area contributed by atoms with Crippen molar-refractivity contribution >= 4 is 40.2 Å². The molecule has 0 aliphatic rings. The normalized spacial score (nSPS) is 11.6. The van der Waals surface area contributed by atoms with Crippen molar-refractivity contribution in [2.75, 3.05) is 5.75 Å². The summed E-state index contributed by atoms with van der Waals surface area (Å²) >= 11 is 7.75. The molecule has 5 aromatic rings. The zero-order chi connectivity index (χ0) is 26.3. The van der Waals surface area contributed by atoms with Crippen molar-refractivity contribution in [1.82, 2.24) is 25.6 Å². The Labute approximate surface area is 257 Å². The fourth-order valence-corrected chi connectivity index (χ4v) is 5.48. The predicted octanol–water partition coefficient (Wildman–Crippen LogP) is 3.37. The molecule has 0 saturated heterocycles. The third-order valence-corrected chi connectivity index (χ3v) is 7.43. The minimum Gasteiger partial charge on any atom is -0.668 e. The molecular weight excluding hydrogens is 543 g/mol. The van der Waals surface area contributed by atoms with Crippen molar-refractivity contribution in [1.29, 1.82) is 0 Å². The van der Waals surface area contributed by atoms with E-state index in [1.165, 1.54) is 0 Å². The van der Waals surface area contributed by atoms with Gasteiger partial charge in [-0.05, 0) is 59.2 Å². The van der Waals surface area contributed by atoms with Crippen LogP contribution in [-0.4, -0.2) is 37.3 Å². The SMILES string of the molecule is [NH-]C(=O)CCSC(c1cccc(Cc2nn[nH]n2)c1)c1cccc(OCc2ccc3ccc(Cl)cc3n2)c1.[Na+]. The molecule has 8 nitrogen and oxygen atoms in total. The number of ether oxygens (including phenoxy) is 1. The molecule has 0 aliphatic carbocycles. The number of tetrazole rings is 1. The van der Waals surface area contributed by atoms with E-state index < -0.39 is 5.91 Å². The number of aromatic amines is 1. The number of rotatable bonds is 11. The molecule has 0 aliphatic heterocycles. The molecule has 3 aromatic carbocycles. The molecule has 1 atom stereocenters. The van der Waals surface area contributed by atoms with Crippen LogP contribution in [0.1, 0.15) is 39.9 Å². The smallest absolute Gasteiger partial charge is 0.668 e. The Morgan fingerprint density at radius 2 is 1.82 bits per heavy atom. The number of thioether (sulfide) groups is 1. The van der Waals surface area contributed by atoms with E-state index in [2.05, 4.69) is 43.8 Å². The molecule has 5 rings (SSSR count). The number of amides is 1. The van der Waals surface area contributed by atoms with Gasteiger partial charge in [0.15, 0.2) is 5.82 Å². The van der Waals surface area contributed by atoms with Crippen LogP contribution in [0.4, 0.5) is 0 Å². The molecule has 192 valence electrons. The summed E-state index contributed by atoms with van der Waals surface area (Å²) in [4.78, 5) is 16.0. The summed E-state index contributed by atoms with van der Waals surface area (Å²) in [6.45, 7) is 0.317. The summed E-state index contributed by atoms with van der Waals surface area (Å²) in [7, 11) is 0. The molecule has 0 radical (unpaired) electrons. The Hall–Kier alpha value is -2.95. The van der Waals surface area contributed by atoms with Gasteiger partial charge in [0.2, 0.25) is 0 Å². The molecule has 2 N–H and O–H groups in total. The van der Waals surface area contributed by atoms with E-state index in [4.69, 9.17) is 22.1 Å². The number of nitrogens with zero attached hydrogens (tertiary/aromatic N) is 4. The van der Waals surface area contributed by atoms with Crippen LogP contribution in [0, 0.1) is 0 Å². The van der Waals surface area contributed by atoms with Crippen LogP contribution in [0.15, 0.2) is 78.9 Å². The molecule has 39 heavy (non-hydrogen) atoms. The Morgan fingerprint density at radius 3 is 2.62 bits per heavy atom. The molecule has 1 unspecified atom stereocenters. The van der Waals surface area contributed by atoms with Gasteiger partial charge in [0.1, 0.15) is 12.4 Å². The third-order valence-electron chi connectivity index (χ3n) is 5.88. The van der Waals surface area contributed by atoms with E-state index in [9.17, 15) is 4.79 Å². The molecule has 1 amide bonds. The van der Waals surface area contributed by atoms with Gasteiger partial charge in [-0.2, -0.15) is 5.21 Å². The van der Waals surface area contributed by atoms with Gasteiger partial charge in [0, 0.05) is 22.7 Å². The van der Waals surface area contributed by atoms with Crippen LogP contribution in [-0.2, 0) is 17.8 Å². The number of carbonyl (C=O) groups excluding carboxylic acids is 1. The van der Waals surface area contributed by atoms with Crippen molar-refractivity contribution in [3.05, 3.63) is 118 Å². The van der Waals surface area contributed by atoms with Crippen molar-refractivity contribution in [2.45, 2.75) is 24.7 Å². The number of hydrogen-bond acceptors (Lipinski definition) is 7. The maximum absolute atomic E-state index is 11.3. The first-order valence-corrected chi connectivity index (χ1v) is 13.4. The van der Waals surface area contributed by atoms with Crippen molar-refractivity contribution in [3.63, 3.8) is 0 Å². The summed E-state index contributed by atoms with van der Waals surface area (Å²) in [5.74, 6) is 1.31. The largest absolute Gasteiger partial charge is 1.00 e. The number of hydrogen-bond donors (Lipinski definition) is 1. The molecule has 0 fully saturated rings. The van der Waals surface area contributed by atoms with Gasteiger partial charge >= 0.3 is 29.6 Å². The number of aromatic nitrogens is 5. The van der Waals surface area contributed by atoms with Gasteiger partial charge < -0.3 is 15.3 Å². The van der Waals surface area contributed by atoms with Gasteiger partial charge in [-0.15, -0.1) is 22.0 Å². The number of nitrogens with one attached hydrogen (secondary N) is 2. The minimum absolute atomic E-state index is 0. The summed E-state index contributed by atoms with van der Waals surface area (Å²) in [6.07, 6.45) is 0.748. The fraction of sp³-hybridized carbons (Fsp3) is 0.179. The van der Waals surface area contributed by atoms with Crippen LogP contribution >= 0.6 is 23.4 Å². The summed E-state index contributed by atoms with van der Waals surface area (Å²) in [6, 6.07) is 25.8. The first-order valence-electron chi connectivity index (χ1n) is 12.0. The van der Waals surface area contributed by atoms with E-state index in [1.54, 1.807) is 11.8 Å². The number of halogens is 1. The van der Waals surface area contributed by atoms with Crippen molar-refractivity contribution in [3.8, 4) is 5.75 Å². The van der Waals surface area contributed by atoms with Crippen LogP contribution < -0.4 is 34.3 Å². The maximum Gasteiger partial charge on any atom is 1.00 e. The number of carbonyl (C=O) groups is 1. The van der Waals surface area contributed by atoms with Crippen LogP contribution in [0.25, 0.3) is 16.6 Å². The van der Waals surface area contributed by atoms with Crippen LogP contribution in [0.5, 0.6) is 5.75 Å².